The number of anilines is 3. The maximum absolute atomic E-state index is 12.4. The van der Waals surface area contributed by atoms with E-state index in [1.54, 1.807) is 19.2 Å². The Morgan fingerprint density at radius 2 is 1.75 bits per heavy atom. The SMILES string of the molecule is COc1cccc(Nc2ccc(C(=O)Nc3ccc(OC(C)C)cc3)cn2)c1. The number of hydrogen-bond donors (Lipinski definition) is 2. The smallest absolute Gasteiger partial charge is 0.257 e. The van der Waals surface area contributed by atoms with E-state index in [9.17, 15) is 4.79 Å². The summed E-state index contributed by atoms with van der Waals surface area (Å²) in [5.74, 6) is 1.94. The monoisotopic (exact) mass is 377 g/mol. The lowest BCUT2D eigenvalue weighted by Crippen LogP contribution is -2.12. The van der Waals surface area contributed by atoms with Gasteiger partial charge in [0.15, 0.2) is 0 Å². The van der Waals surface area contributed by atoms with Crippen LogP contribution >= 0.6 is 0 Å². The van der Waals surface area contributed by atoms with Crippen molar-refractivity contribution in [2.45, 2.75) is 20.0 Å². The zero-order valence-electron chi connectivity index (χ0n) is 16.1. The van der Waals surface area contributed by atoms with Gasteiger partial charge in [0, 0.05) is 23.6 Å². The van der Waals surface area contributed by atoms with Crippen molar-refractivity contribution in [1.82, 2.24) is 4.98 Å². The summed E-state index contributed by atoms with van der Waals surface area (Å²) in [4.78, 5) is 16.7. The van der Waals surface area contributed by atoms with Gasteiger partial charge in [-0.05, 0) is 62.4 Å². The molecule has 0 atom stereocenters. The van der Waals surface area contributed by atoms with Gasteiger partial charge >= 0.3 is 0 Å². The number of nitrogens with one attached hydrogen (secondary N) is 2. The standard InChI is InChI=1S/C22H23N3O3/c1-15(2)28-19-10-8-17(9-11-19)25-22(26)16-7-12-21(23-14-16)24-18-5-4-6-20(13-18)27-3/h4-15H,1-3H3,(H,23,24)(H,25,26). The summed E-state index contributed by atoms with van der Waals surface area (Å²) >= 11 is 0. The zero-order valence-corrected chi connectivity index (χ0v) is 16.1. The largest absolute Gasteiger partial charge is 0.497 e. The molecule has 0 radical (unpaired) electrons. The molecule has 1 amide bonds. The minimum atomic E-state index is -0.224. The molecule has 28 heavy (non-hydrogen) atoms. The summed E-state index contributed by atoms with van der Waals surface area (Å²) in [6.45, 7) is 3.94. The van der Waals surface area contributed by atoms with Crippen LogP contribution in [0.4, 0.5) is 17.2 Å². The third kappa shape index (κ3) is 5.23. The second-order valence-electron chi connectivity index (χ2n) is 6.43. The summed E-state index contributed by atoms with van der Waals surface area (Å²) < 4.78 is 10.8. The molecule has 0 aliphatic carbocycles. The van der Waals surface area contributed by atoms with Gasteiger partial charge in [0.1, 0.15) is 17.3 Å². The van der Waals surface area contributed by atoms with Gasteiger partial charge in [0.25, 0.3) is 5.91 Å². The summed E-state index contributed by atoms with van der Waals surface area (Å²) in [7, 11) is 1.62. The zero-order chi connectivity index (χ0) is 19.9. The molecule has 144 valence electrons. The fourth-order valence-corrected chi connectivity index (χ4v) is 2.54. The predicted molar refractivity (Wildman–Crippen MR) is 111 cm³/mol. The normalized spacial score (nSPS) is 10.4. The van der Waals surface area contributed by atoms with Gasteiger partial charge in [-0.15, -0.1) is 0 Å². The van der Waals surface area contributed by atoms with E-state index < -0.39 is 0 Å². The predicted octanol–water partition coefficient (Wildman–Crippen LogP) is 4.87. The Hall–Kier alpha value is -3.54. The Bertz CT molecular complexity index is 923. The van der Waals surface area contributed by atoms with Gasteiger partial charge in [-0.25, -0.2) is 4.98 Å². The summed E-state index contributed by atoms with van der Waals surface area (Å²) in [5, 5.41) is 6.03. The van der Waals surface area contributed by atoms with Gasteiger partial charge in [-0.3, -0.25) is 4.79 Å². The molecular formula is C22H23N3O3. The third-order valence-corrected chi connectivity index (χ3v) is 3.85. The van der Waals surface area contributed by atoms with Gasteiger partial charge in [0.05, 0.1) is 18.8 Å². The molecule has 1 heterocycles. The van der Waals surface area contributed by atoms with E-state index >= 15 is 0 Å². The lowest BCUT2D eigenvalue weighted by molar-refractivity contribution is 0.102. The lowest BCUT2D eigenvalue weighted by Gasteiger charge is -2.11. The topological polar surface area (TPSA) is 72.5 Å². The molecule has 1 aromatic heterocycles. The van der Waals surface area contributed by atoms with Gasteiger partial charge in [-0.1, -0.05) is 6.07 Å². The van der Waals surface area contributed by atoms with Crippen LogP contribution in [0.3, 0.4) is 0 Å². The number of hydrogen-bond acceptors (Lipinski definition) is 5. The fourth-order valence-electron chi connectivity index (χ4n) is 2.54. The lowest BCUT2D eigenvalue weighted by atomic mass is 10.2. The molecule has 2 aromatic carbocycles. The van der Waals surface area contributed by atoms with Crippen LogP contribution in [-0.4, -0.2) is 24.1 Å². The fraction of sp³-hybridized carbons (Fsp3) is 0.182. The number of nitrogens with zero attached hydrogens (tertiary/aromatic N) is 1. The van der Waals surface area contributed by atoms with Crippen LogP contribution < -0.4 is 20.1 Å². The van der Waals surface area contributed by atoms with E-state index in [0.29, 0.717) is 17.1 Å². The van der Waals surface area contributed by atoms with Gasteiger partial charge < -0.3 is 20.1 Å². The molecule has 0 unspecified atom stereocenters. The molecule has 0 aliphatic heterocycles. The third-order valence-electron chi connectivity index (χ3n) is 3.85. The van der Waals surface area contributed by atoms with Crippen LogP contribution in [0.5, 0.6) is 11.5 Å². The highest BCUT2D eigenvalue weighted by molar-refractivity contribution is 6.04. The first-order valence-corrected chi connectivity index (χ1v) is 8.98. The highest BCUT2D eigenvalue weighted by atomic mass is 16.5. The van der Waals surface area contributed by atoms with Crippen LogP contribution in [-0.2, 0) is 0 Å². The highest BCUT2D eigenvalue weighted by Gasteiger charge is 2.08. The number of benzene rings is 2. The molecule has 3 aromatic rings. The van der Waals surface area contributed by atoms with Crippen molar-refractivity contribution in [2.75, 3.05) is 17.7 Å². The van der Waals surface area contributed by atoms with E-state index in [-0.39, 0.29) is 12.0 Å². The molecule has 2 N–H and O–H groups in total. The first-order chi connectivity index (χ1) is 13.5. The molecule has 0 fully saturated rings. The minimum absolute atomic E-state index is 0.107. The van der Waals surface area contributed by atoms with Crippen molar-refractivity contribution in [1.29, 1.82) is 0 Å². The Kier molecular flexibility index (Phi) is 6.11. The molecule has 0 bridgehead atoms. The van der Waals surface area contributed by atoms with Crippen molar-refractivity contribution < 1.29 is 14.3 Å². The average Bonchev–Trinajstić information content (AvgIpc) is 2.70. The molecule has 0 saturated heterocycles. The number of amides is 1. The second kappa shape index (κ2) is 8.90. The molecule has 0 spiro atoms. The van der Waals surface area contributed by atoms with Crippen molar-refractivity contribution >= 4 is 23.1 Å². The number of rotatable bonds is 7. The summed E-state index contributed by atoms with van der Waals surface area (Å²) in [6.07, 6.45) is 1.64. The minimum Gasteiger partial charge on any atom is -0.497 e. The molecule has 0 saturated carbocycles. The maximum atomic E-state index is 12.4. The van der Waals surface area contributed by atoms with E-state index in [2.05, 4.69) is 15.6 Å². The second-order valence-corrected chi connectivity index (χ2v) is 6.43. The number of ether oxygens (including phenoxy) is 2. The summed E-state index contributed by atoms with van der Waals surface area (Å²) in [5.41, 5.74) is 2.02. The van der Waals surface area contributed by atoms with Crippen LogP contribution in [0.2, 0.25) is 0 Å². The van der Waals surface area contributed by atoms with Crippen molar-refractivity contribution in [3.63, 3.8) is 0 Å². The molecule has 0 aliphatic rings. The highest BCUT2D eigenvalue weighted by Crippen LogP contribution is 2.21. The first-order valence-electron chi connectivity index (χ1n) is 8.98. The Labute approximate surface area is 164 Å². The van der Waals surface area contributed by atoms with Crippen LogP contribution in [0, 0.1) is 0 Å². The van der Waals surface area contributed by atoms with Gasteiger partial charge in [-0.2, -0.15) is 0 Å². The number of methoxy groups -OCH3 is 1. The van der Waals surface area contributed by atoms with E-state index in [4.69, 9.17) is 9.47 Å². The van der Waals surface area contributed by atoms with Crippen LogP contribution in [0.25, 0.3) is 0 Å². The van der Waals surface area contributed by atoms with E-state index in [1.165, 1.54) is 6.20 Å². The molecular weight excluding hydrogens is 354 g/mol. The number of carbonyl (C=O) groups is 1. The van der Waals surface area contributed by atoms with Crippen molar-refractivity contribution in [3.8, 4) is 11.5 Å². The van der Waals surface area contributed by atoms with Crippen LogP contribution in [0.1, 0.15) is 24.2 Å². The number of aromatic nitrogens is 1. The molecule has 6 heteroatoms. The van der Waals surface area contributed by atoms with Gasteiger partial charge in [0.2, 0.25) is 0 Å². The maximum Gasteiger partial charge on any atom is 0.257 e. The number of pyridine rings is 1. The number of carbonyl (C=O) groups excluding carboxylic acids is 1. The Balaban J connectivity index is 1.61. The van der Waals surface area contributed by atoms with E-state index in [1.807, 2.05) is 62.4 Å². The molecule has 6 nitrogen and oxygen atoms in total. The quantitative estimate of drug-likeness (QED) is 0.614. The Morgan fingerprint density at radius 1 is 0.964 bits per heavy atom. The Morgan fingerprint density at radius 3 is 2.39 bits per heavy atom. The van der Waals surface area contributed by atoms with Crippen molar-refractivity contribution in [3.05, 3.63) is 72.4 Å². The van der Waals surface area contributed by atoms with Crippen LogP contribution in [0.15, 0.2) is 66.9 Å². The van der Waals surface area contributed by atoms with Crippen molar-refractivity contribution in [2.24, 2.45) is 0 Å². The van der Waals surface area contributed by atoms with E-state index in [0.717, 1.165) is 17.2 Å². The first kappa shape index (κ1) is 19.2. The average molecular weight is 377 g/mol. The molecule has 3 rings (SSSR count). The summed E-state index contributed by atoms with van der Waals surface area (Å²) in [6, 6.07) is 18.3.